The molecule has 2 heterocycles. The number of thiazole rings is 1. The Bertz CT molecular complexity index is 566. The van der Waals surface area contributed by atoms with E-state index in [9.17, 15) is 0 Å². The quantitative estimate of drug-likeness (QED) is 0.851. The molecule has 0 amide bonds. The Hall–Kier alpha value is -1.59. The first-order valence-electron chi connectivity index (χ1n) is 5.71. The fourth-order valence-corrected chi connectivity index (χ4v) is 2.67. The normalized spacial score (nSPS) is 13.3. The van der Waals surface area contributed by atoms with E-state index in [2.05, 4.69) is 15.3 Å². The van der Waals surface area contributed by atoms with Crippen LogP contribution in [0, 0.1) is 0 Å². The highest BCUT2D eigenvalue weighted by Gasteiger charge is 2.15. The number of benzene rings is 1. The van der Waals surface area contributed by atoms with E-state index >= 15 is 0 Å². The van der Waals surface area contributed by atoms with E-state index in [0.717, 1.165) is 34.3 Å². The molecule has 94 valence electrons. The average Bonchev–Trinajstić information content (AvgIpc) is 2.95. The molecule has 0 spiro atoms. The first kappa shape index (κ1) is 11.5. The van der Waals surface area contributed by atoms with Gasteiger partial charge in [0, 0.05) is 17.5 Å². The predicted octanol–water partition coefficient (Wildman–Crippen LogP) is 2.60. The van der Waals surface area contributed by atoms with Crippen molar-refractivity contribution in [2.24, 2.45) is 0 Å². The monoisotopic (exact) mass is 262 g/mol. The fraction of sp³-hybridized carbons (Fsp3) is 0.308. The summed E-state index contributed by atoms with van der Waals surface area (Å²) in [5.74, 6) is 1.61. The van der Waals surface area contributed by atoms with Crippen molar-refractivity contribution in [2.75, 3.05) is 20.9 Å². The maximum absolute atomic E-state index is 5.38. The molecule has 0 aliphatic carbocycles. The van der Waals surface area contributed by atoms with Gasteiger partial charge in [-0.05, 0) is 32.3 Å². The summed E-state index contributed by atoms with van der Waals surface area (Å²) in [5, 5.41) is 3.12. The van der Waals surface area contributed by atoms with Crippen molar-refractivity contribution in [2.45, 2.75) is 6.54 Å². The van der Waals surface area contributed by atoms with Crippen molar-refractivity contribution in [3.8, 4) is 22.1 Å². The van der Waals surface area contributed by atoms with E-state index in [1.165, 1.54) is 0 Å². The van der Waals surface area contributed by atoms with Crippen LogP contribution in [0.3, 0.4) is 0 Å². The molecule has 0 radical (unpaired) electrons. The zero-order chi connectivity index (χ0) is 12.5. The van der Waals surface area contributed by atoms with Gasteiger partial charge in [-0.3, -0.25) is 0 Å². The van der Waals surface area contributed by atoms with Crippen molar-refractivity contribution in [1.29, 1.82) is 0 Å². The highest BCUT2D eigenvalue weighted by atomic mass is 32.1. The molecule has 1 aromatic heterocycles. The van der Waals surface area contributed by atoms with Crippen molar-refractivity contribution in [3.05, 3.63) is 29.3 Å². The first-order chi connectivity index (χ1) is 8.72. The summed E-state index contributed by atoms with van der Waals surface area (Å²) in [6.07, 6.45) is 0. The second kappa shape index (κ2) is 4.59. The van der Waals surface area contributed by atoms with Crippen LogP contribution >= 0.6 is 11.3 Å². The Morgan fingerprint density at radius 3 is 2.94 bits per heavy atom. The van der Waals surface area contributed by atoms with E-state index in [1.807, 2.05) is 32.3 Å². The number of fused-ring (bicyclic) bond motifs is 1. The maximum Gasteiger partial charge on any atom is 0.231 e. The van der Waals surface area contributed by atoms with Crippen LogP contribution in [-0.2, 0) is 6.54 Å². The molecule has 0 unspecified atom stereocenters. The van der Waals surface area contributed by atoms with E-state index < -0.39 is 0 Å². The molecule has 0 bridgehead atoms. The van der Waals surface area contributed by atoms with E-state index in [-0.39, 0.29) is 0 Å². The zero-order valence-electron chi connectivity index (χ0n) is 10.3. The van der Waals surface area contributed by atoms with Crippen molar-refractivity contribution in [3.63, 3.8) is 0 Å². The number of aromatic nitrogens is 1. The molecule has 5 heteroatoms. The lowest BCUT2D eigenvalue weighted by molar-refractivity contribution is 0.174. The molecule has 0 saturated carbocycles. The van der Waals surface area contributed by atoms with Gasteiger partial charge in [0.1, 0.15) is 5.01 Å². The van der Waals surface area contributed by atoms with E-state index in [4.69, 9.17) is 9.47 Å². The van der Waals surface area contributed by atoms with Gasteiger partial charge in [-0.2, -0.15) is 0 Å². The number of ether oxygens (including phenoxy) is 2. The average molecular weight is 262 g/mol. The molecule has 0 N–H and O–H groups in total. The number of nitrogens with zero attached hydrogens (tertiary/aromatic N) is 2. The second-order valence-corrected chi connectivity index (χ2v) is 5.31. The fourth-order valence-electron chi connectivity index (χ4n) is 1.87. The van der Waals surface area contributed by atoms with Gasteiger partial charge in [0.15, 0.2) is 11.5 Å². The molecule has 18 heavy (non-hydrogen) atoms. The highest BCUT2D eigenvalue weighted by molar-refractivity contribution is 7.13. The highest BCUT2D eigenvalue weighted by Crippen LogP contribution is 2.36. The SMILES string of the molecule is CN(C)Cc1csc(-c2ccc3c(c2)OCO3)n1. The first-order valence-corrected chi connectivity index (χ1v) is 6.59. The van der Waals surface area contributed by atoms with Crippen molar-refractivity contribution < 1.29 is 9.47 Å². The molecule has 0 saturated heterocycles. The molecule has 2 aromatic rings. The summed E-state index contributed by atoms with van der Waals surface area (Å²) < 4.78 is 10.7. The van der Waals surface area contributed by atoms with E-state index in [0.29, 0.717) is 6.79 Å². The Balaban J connectivity index is 1.88. The van der Waals surface area contributed by atoms with Crippen LogP contribution in [0.2, 0.25) is 0 Å². The topological polar surface area (TPSA) is 34.6 Å². The van der Waals surface area contributed by atoms with Gasteiger partial charge in [-0.15, -0.1) is 11.3 Å². The molecular formula is C13H14N2O2S. The third kappa shape index (κ3) is 2.19. The summed E-state index contributed by atoms with van der Waals surface area (Å²) >= 11 is 1.66. The van der Waals surface area contributed by atoms with Gasteiger partial charge in [0.2, 0.25) is 6.79 Å². The summed E-state index contributed by atoms with van der Waals surface area (Å²) in [6, 6.07) is 5.94. The Kier molecular flexibility index (Phi) is 2.93. The summed E-state index contributed by atoms with van der Waals surface area (Å²) in [4.78, 5) is 6.74. The van der Waals surface area contributed by atoms with Crippen LogP contribution in [0.15, 0.2) is 23.6 Å². The van der Waals surface area contributed by atoms with Gasteiger partial charge >= 0.3 is 0 Å². The third-order valence-electron chi connectivity index (χ3n) is 2.65. The minimum atomic E-state index is 0.308. The predicted molar refractivity (Wildman–Crippen MR) is 71.1 cm³/mol. The molecule has 0 atom stereocenters. The van der Waals surface area contributed by atoms with Crippen LogP contribution in [0.1, 0.15) is 5.69 Å². The summed E-state index contributed by atoms with van der Waals surface area (Å²) in [6.45, 7) is 1.17. The molecular weight excluding hydrogens is 248 g/mol. The third-order valence-corrected chi connectivity index (χ3v) is 3.59. The molecule has 3 rings (SSSR count). The molecule has 4 nitrogen and oxygen atoms in total. The van der Waals surface area contributed by atoms with Crippen LogP contribution in [-0.4, -0.2) is 30.8 Å². The zero-order valence-corrected chi connectivity index (χ0v) is 11.2. The molecule has 1 aromatic carbocycles. The summed E-state index contributed by atoms with van der Waals surface area (Å²) in [5.41, 5.74) is 2.17. The summed E-state index contributed by atoms with van der Waals surface area (Å²) in [7, 11) is 4.08. The minimum absolute atomic E-state index is 0.308. The Morgan fingerprint density at radius 2 is 2.11 bits per heavy atom. The van der Waals surface area contributed by atoms with Crippen molar-refractivity contribution in [1.82, 2.24) is 9.88 Å². The Labute approximate surface area is 110 Å². The molecule has 1 aliphatic heterocycles. The molecule has 0 fully saturated rings. The van der Waals surface area contributed by atoms with Gasteiger partial charge < -0.3 is 14.4 Å². The lowest BCUT2D eigenvalue weighted by Gasteiger charge is -2.05. The smallest absolute Gasteiger partial charge is 0.231 e. The van der Waals surface area contributed by atoms with Crippen molar-refractivity contribution >= 4 is 11.3 Å². The maximum atomic E-state index is 5.38. The van der Waals surface area contributed by atoms with Crippen LogP contribution in [0.25, 0.3) is 10.6 Å². The van der Waals surface area contributed by atoms with Crippen LogP contribution in [0.5, 0.6) is 11.5 Å². The number of hydrogen-bond donors (Lipinski definition) is 0. The van der Waals surface area contributed by atoms with Crippen LogP contribution < -0.4 is 9.47 Å². The number of rotatable bonds is 3. The lowest BCUT2D eigenvalue weighted by Crippen LogP contribution is -2.10. The van der Waals surface area contributed by atoms with Crippen LogP contribution in [0.4, 0.5) is 0 Å². The largest absolute Gasteiger partial charge is 0.454 e. The van der Waals surface area contributed by atoms with E-state index in [1.54, 1.807) is 11.3 Å². The van der Waals surface area contributed by atoms with Gasteiger partial charge in [-0.1, -0.05) is 0 Å². The lowest BCUT2D eigenvalue weighted by atomic mass is 10.2. The van der Waals surface area contributed by atoms with Gasteiger partial charge in [0.05, 0.1) is 5.69 Å². The van der Waals surface area contributed by atoms with Gasteiger partial charge in [-0.25, -0.2) is 4.98 Å². The second-order valence-electron chi connectivity index (χ2n) is 4.45. The Morgan fingerprint density at radius 1 is 1.28 bits per heavy atom. The number of hydrogen-bond acceptors (Lipinski definition) is 5. The minimum Gasteiger partial charge on any atom is -0.454 e. The standard InChI is InChI=1S/C13H14N2O2S/c1-15(2)6-10-7-18-13(14-10)9-3-4-11-12(5-9)17-8-16-11/h3-5,7H,6,8H2,1-2H3. The molecule has 1 aliphatic rings. The van der Waals surface area contributed by atoms with Gasteiger partial charge in [0.25, 0.3) is 0 Å².